The molecule has 2 aliphatic rings. The van der Waals surface area contributed by atoms with Crippen LogP contribution in [0.25, 0.3) is 0 Å². The molecule has 2 aliphatic heterocycles. The van der Waals surface area contributed by atoms with E-state index < -0.39 is 0 Å². The molecule has 1 fully saturated rings. The second kappa shape index (κ2) is 10.5. The van der Waals surface area contributed by atoms with E-state index in [1.165, 1.54) is 15.5 Å². The molecule has 0 saturated carbocycles. The Morgan fingerprint density at radius 3 is 2.24 bits per heavy atom. The number of allylic oxidation sites excluding steroid dienone is 1. The first-order valence-corrected chi connectivity index (χ1v) is 13.9. The van der Waals surface area contributed by atoms with Crippen LogP contribution in [0.2, 0.25) is 0 Å². The van der Waals surface area contributed by atoms with Crippen molar-refractivity contribution in [1.29, 1.82) is 0 Å². The minimum absolute atomic E-state index is 0.106. The lowest BCUT2D eigenvalue weighted by atomic mass is 9.85. The third kappa shape index (κ3) is 4.85. The number of ketones is 1. The predicted molar refractivity (Wildman–Crippen MR) is 146 cm³/mol. The lowest BCUT2D eigenvalue weighted by Gasteiger charge is -2.43. The second-order valence-electron chi connectivity index (χ2n) is 8.93. The summed E-state index contributed by atoms with van der Waals surface area (Å²) in [4.78, 5) is 18.8. The minimum atomic E-state index is 0.106. The van der Waals surface area contributed by atoms with Crippen LogP contribution in [-0.2, 0) is 7.05 Å². The summed E-state index contributed by atoms with van der Waals surface area (Å²) in [5.74, 6) is 0.272. The van der Waals surface area contributed by atoms with E-state index in [-0.39, 0.29) is 11.7 Å². The fourth-order valence-corrected chi connectivity index (χ4v) is 7.45. The minimum Gasteiger partial charge on any atom is -0.369 e. The number of nitrogens with zero attached hydrogens (tertiary/aromatic N) is 3. The van der Waals surface area contributed by atoms with E-state index in [0.717, 1.165) is 43.7 Å². The number of benzene rings is 2. The zero-order valence-electron chi connectivity index (χ0n) is 19.8. The Labute approximate surface area is 211 Å². The number of anilines is 1. The van der Waals surface area contributed by atoms with E-state index >= 15 is 0 Å². The average molecular weight is 490 g/mol. The lowest BCUT2D eigenvalue weighted by Crippen LogP contribution is -2.50. The monoisotopic (exact) mass is 489 g/mol. The zero-order chi connectivity index (χ0) is 23.5. The summed E-state index contributed by atoms with van der Waals surface area (Å²) in [5, 5.41) is 0.373. The first kappa shape index (κ1) is 23.3. The molecule has 2 aromatic carbocycles. The summed E-state index contributed by atoms with van der Waals surface area (Å²) in [5.41, 5.74) is 4.29. The Hall–Kier alpha value is -2.41. The molecule has 176 valence electrons. The molecular weight excluding hydrogens is 458 g/mol. The van der Waals surface area contributed by atoms with Gasteiger partial charge in [-0.15, -0.1) is 11.8 Å². The van der Waals surface area contributed by atoms with Crippen molar-refractivity contribution in [2.75, 3.05) is 37.3 Å². The maximum absolute atomic E-state index is 13.7. The molecule has 0 radical (unpaired) electrons. The lowest BCUT2D eigenvalue weighted by molar-refractivity contribution is 0.102. The van der Waals surface area contributed by atoms with Gasteiger partial charge in [-0.1, -0.05) is 60.3 Å². The molecule has 0 amide bonds. The molecular formula is C28H31N3OS2. The number of aryl methyl sites for hydroxylation is 1. The fourth-order valence-electron chi connectivity index (χ4n) is 5.02. The van der Waals surface area contributed by atoms with Crippen LogP contribution in [0.4, 0.5) is 5.69 Å². The summed E-state index contributed by atoms with van der Waals surface area (Å²) in [6, 6.07) is 23.2. The molecule has 34 heavy (non-hydrogen) atoms. The molecule has 3 heterocycles. The van der Waals surface area contributed by atoms with Crippen LogP contribution >= 0.6 is 23.5 Å². The van der Waals surface area contributed by atoms with Gasteiger partial charge < -0.3 is 9.47 Å². The van der Waals surface area contributed by atoms with E-state index in [1.54, 1.807) is 11.8 Å². The van der Waals surface area contributed by atoms with Crippen LogP contribution in [0.1, 0.15) is 28.3 Å². The van der Waals surface area contributed by atoms with Crippen molar-refractivity contribution in [2.24, 2.45) is 7.05 Å². The number of para-hydroxylation sites is 1. The summed E-state index contributed by atoms with van der Waals surface area (Å²) >= 11 is 3.62. The number of hydrogen-bond donors (Lipinski definition) is 0. The van der Waals surface area contributed by atoms with E-state index in [0.29, 0.717) is 5.37 Å². The topological polar surface area (TPSA) is 28.5 Å². The normalized spacial score (nSPS) is 21.6. The van der Waals surface area contributed by atoms with E-state index in [2.05, 4.69) is 76.7 Å². The molecule has 1 saturated heterocycles. The SMILES string of the molecule is CSC1=C(C(=O)c2ccn(C)c2)C(c2ccccc2)CC(N2CCN(c3ccccc3)CC2)S1. The molecule has 5 rings (SSSR count). The van der Waals surface area contributed by atoms with Gasteiger partial charge in [0.15, 0.2) is 5.78 Å². The number of carbonyl (C=O) groups excluding carboxylic acids is 1. The fraction of sp³-hybridized carbons (Fsp3) is 0.321. The Balaban J connectivity index is 1.41. The zero-order valence-corrected chi connectivity index (χ0v) is 21.4. The molecule has 0 bridgehead atoms. The van der Waals surface area contributed by atoms with Gasteiger partial charge >= 0.3 is 0 Å². The van der Waals surface area contributed by atoms with Gasteiger partial charge in [-0.05, 0) is 36.4 Å². The maximum Gasteiger partial charge on any atom is 0.192 e. The molecule has 3 aromatic rings. The van der Waals surface area contributed by atoms with Gasteiger partial charge in [0.25, 0.3) is 0 Å². The van der Waals surface area contributed by atoms with Gasteiger partial charge in [0, 0.05) is 72.6 Å². The summed E-state index contributed by atoms with van der Waals surface area (Å²) in [7, 11) is 1.97. The molecule has 6 heteroatoms. The van der Waals surface area contributed by atoms with Crippen LogP contribution in [0.15, 0.2) is 88.9 Å². The van der Waals surface area contributed by atoms with Crippen molar-refractivity contribution in [3.05, 3.63) is 100 Å². The number of Topliss-reactive ketones (excluding diaryl/α,β-unsaturated/α-hetero) is 1. The van der Waals surface area contributed by atoms with Gasteiger partial charge in [0.1, 0.15) is 0 Å². The van der Waals surface area contributed by atoms with Crippen molar-refractivity contribution in [1.82, 2.24) is 9.47 Å². The Kier molecular flexibility index (Phi) is 7.18. The molecule has 0 aliphatic carbocycles. The smallest absolute Gasteiger partial charge is 0.192 e. The maximum atomic E-state index is 13.7. The average Bonchev–Trinajstić information content (AvgIpc) is 3.35. The highest BCUT2D eigenvalue weighted by Gasteiger charge is 2.38. The van der Waals surface area contributed by atoms with Crippen molar-refractivity contribution in [2.45, 2.75) is 17.7 Å². The van der Waals surface area contributed by atoms with Crippen LogP contribution in [-0.4, -0.2) is 53.1 Å². The second-order valence-corrected chi connectivity index (χ2v) is 11.2. The number of thioether (sulfide) groups is 2. The third-order valence-electron chi connectivity index (χ3n) is 6.82. The predicted octanol–water partition coefficient (Wildman–Crippen LogP) is 5.85. The number of piperazine rings is 1. The molecule has 1 aromatic heterocycles. The summed E-state index contributed by atoms with van der Waals surface area (Å²) in [6.45, 7) is 4.14. The quantitative estimate of drug-likeness (QED) is 0.405. The standard InChI is InChI=1S/C28H31N3OS2/c1-29-14-13-22(20-29)27(32)26-24(21-9-5-3-6-10-21)19-25(34-28(26)33-2)31-17-15-30(16-18-31)23-11-7-4-8-12-23/h3-14,20,24-25H,15-19H2,1-2H3. The van der Waals surface area contributed by atoms with Crippen LogP contribution in [0.5, 0.6) is 0 Å². The largest absolute Gasteiger partial charge is 0.369 e. The van der Waals surface area contributed by atoms with Gasteiger partial charge in [0.05, 0.1) is 5.37 Å². The van der Waals surface area contributed by atoms with Crippen LogP contribution in [0, 0.1) is 0 Å². The molecule has 0 spiro atoms. The van der Waals surface area contributed by atoms with Gasteiger partial charge in [0.2, 0.25) is 0 Å². The molecule has 2 unspecified atom stereocenters. The summed E-state index contributed by atoms with van der Waals surface area (Å²) < 4.78 is 3.12. The number of hydrogen-bond acceptors (Lipinski definition) is 5. The van der Waals surface area contributed by atoms with E-state index in [1.807, 2.05) is 41.8 Å². The van der Waals surface area contributed by atoms with Crippen molar-refractivity contribution < 1.29 is 4.79 Å². The highest BCUT2D eigenvalue weighted by molar-refractivity contribution is 8.22. The highest BCUT2D eigenvalue weighted by atomic mass is 32.2. The molecule has 0 N–H and O–H groups in total. The number of carbonyl (C=O) groups is 1. The van der Waals surface area contributed by atoms with Crippen LogP contribution < -0.4 is 4.90 Å². The summed E-state index contributed by atoms with van der Waals surface area (Å²) in [6.07, 6.45) is 6.96. The Bertz CT molecular complexity index is 1150. The van der Waals surface area contributed by atoms with E-state index in [9.17, 15) is 4.79 Å². The van der Waals surface area contributed by atoms with Crippen molar-refractivity contribution in [3.63, 3.8) is 0 Å². The van der Waals surface area contributed by atoms with Gasteiger partial charge in [-0.2, -0.15) is 0 Å². The van der Waals surface area contributed by atoms with Gasteiger partial charge in [-0.25, -0.2) is 0 Å². The Morgan fingerprint density at radius 1 is 0.941 bits per heavy atom. The van der Waals surface area contributed by atoms with Gasteiger partial charge in [-0.3, -0.25) is 9.69 Å². The van der Waals surface area contributed by atoms with E-state index in [4.69, 9.17) is 0 Å². The highest BCUT2D eigenvalue weighted by Crippen LogP contribution is 2.49. The number of aromatic nitrogens is 1. The Morgan fingerprint density at radius 2 is 1.62 bits per heavy atom. The van der Waals surface area contributed by atoms with Crippen molar-refractivity contribution in [3.8, 4) is 0 Å². The number of rotatable bonds is 6. The first-order valence-electron chi connectivity index (χ1n) is 11.8. The molecule has 4 nitrogen and oxygen atoms in total. The van der Waals surface area contributed by atoms with Crippen LogP contribution in [0.3, 0.4) is 0 Å². The third-order valence-corrected chi connectivity index (χ3v) is 9.39. The van der Waals surface area contributed by atoms with Crippen molar-refractivity contribution >= 4 is 35.0 Å². The molecule has 2 atom stereocenters. The first-order chi connectivity index (χ1) is 16.6.